The number of carbonyl (C=O) groups is 1. The van der Waals surface area contributed by atoms with E-state index in [1.807, 2.05) is 6.08 Å². The Bertz CT molecular complexity index is 380. The van der Waals surface area contributed by atoms with Crippen molar-refractivity contribution in [3.63, 3.8) is 0 Å². The summed E-state index contributed by atoms with van der Waals surface area (Å²) < 4.78 is 0. The monoisotopic (exact) mass is 218 g/mol. The molecule has 0 bridgehead atoms. The first kappa shape index (κ1) is 11.6. The van der Waals surface area contributed by atoms with Gasteiger partial charge in [0.1, 0.15) is 0 Å². The zero-order valence-electron chi connectivity index (χ0n) is 10.9. The van der Waals surface area contributed by atoms with Crippen molar-refractivity contribution in [1.82, 2.24) is 0 Å². The number of carbonyl (C=O) groups excluding carboxylic acids is 1. The van der Waals surface area contributed by atoms with Crippen LogP contribution in [0.4, 0.5) is 0 Å². The summed E-state index contributed by atoms with van der Waals surface area (Å²) in [5.74, 6) is 0.298. The van der Waals surface area contributed by atoms with E-state index in [0.29, 0.717) is 5.78 Å². The summed E-state index contributed by atoms with van der Waals surface area (Å²) in [6.45, 7) is 9.13. The molecule has 16 heavy (non-hydrogen) atoms. The molecular formula is C15H22O. The van der Waals surface area contributed by atoms with Gasteiger partial charge in [-0.3, -0.25) is 4.79 Å². The molecule has 0 amide bonds. The molecular weight excluding hydrogens is 196 g/mol. The molecule has 0 saturated heterocycles. The van der Waals surface area contributed by atoms with Gasteiger partial charge in [-0.05, 0) is 50.0 Å². The van der Waals surface area contributed by atoms with Gasteiger partial charge >= 0.3 is 0 Å². The predicted octanol–water partition coefficient (Wildman–Crippen LogP) is 4.05. The van der Waals surface area contributed by atoms with Crippen molar-refractivity contribution in [2.45, 2.75) is 53.4 Å². The fourth-order valence-electron chi connectivity index (χ4n) is 3.64. The van der Waals surface area contributed by atoms with Gasteiger partial charge in [0.25, 0.3) is 0 Å². The first-order chi connectivity index (χ1) is 7.39. The Labute approximate surface area is 98.6 Å². The van der Waals surface area contributed by atoms with E-state index in [1.54, 1.807) is 5.57 Å². The van der Waals surface area contributed by atoms with Crippen LogP contribution in [-0.4, -0.2) is 5.78 Å². The van der Waals surface area contributed by atoms with Crippen molar-refractivity contribution in [1.29, 1.82) is 0 Å². The smallest absolute Gasteiger partial charge is 0.155 e. The van der Waals surface area contributed by atoms with Crippen molar-refractivity contribution in [2.75, 3.05) is 0 Å². The molecule has 0 heterocycles. The summed E-state index contributed by atoms with van der Waals surface area (Å²) in [5, 5.41) is 0. The molecule has 0 aromatic rings. The van der Waals surface area contributed by atoms with E-state index in [4.69, 9.17) is 0 Å². The van der Waals surface area contributed by atoms with E-state index in [1.165, 1.54) is 18.4 Å². The minimum absolute atomic E-state index is 0.225. The van der Waals surface area contributed by atoms with Gasteiger partial charge in [0.05, 0.1) is 0 Å². The summed E-state index contributed by atoms with van der Waals surface area (Å²) >= 11 is 0. The third-order valence-electron chi connectivity index (χ3n) is 4.83. The van der Waals surface area contributed by atoms with Crippen LogP contribution >= 0.6 is 0 Å². The first-order valence-corrected chi connectivity index (χ1v) is 6.28. The standard InChI is InChI=1S/C15H22O/c1-11(2)13-7-10-15(14(13,3)4)8-5-12(16)6-9-15/h5,8H,6-7,9-10H2,1-4H3. The van der Waals surface area contributed by atoms with Crippen LogP contribution in [0.3, 0.4) is 0 Å². The zero-order valence-corrected chi connectivity index (χ0v) is 10.9. The SMILES string of the molecule is CC(C)=C1CCC2(C=CC(=O)CC2)C1(C)C. The van der Waals surface area contributed by atoms with Crippen LogP contribution in [0.15, 0.2) is 23.3 Å². The fraction of sp³-hybridized carbons (Fsp3) is 0.667. The summed E-state index contributed by atoms with van der Waals surface area (Å²) in [4.78, 5) is 11.3. The Morgan fingerprint density at radius 1 is 1.19 bits per heavy atom. The van der Waals surface area contributed by atoms with Crippen molar-refractivity contribution in [3.8, 4) is 0 Å². The highest BCUT2D eigenvalue weighted by atomic mass is 16.1. The van der Waals surface area contributed by atoms with Gasteiger partial charge in [-0.1, -0.05) is 31.1 Å². The Hall–Kier alpha value is -0.850. The van der Waals surface area contributed by atoms with Crippen molar-refractivity contribution >= 4 is 5.78 Å². The van der Waals surface area contributed by atoms with E-state index >= 15 is 0 Å². The quantitative estimate of drug-likeness (QED) is 0.561. The van der Waals surface area contributed by atoms with Gasteiger partial charge < -0.3 is 0 Å². The highest BCUT2D eigenvalue weighted by molar-refractivity contribution is 5.90. The lowest BCUT2D eigenvalue weighted by molar-refractivity contribution is -0.116. The number of ketones is 1. The van der Waals surface area contributed by atoms with Gasteiger partial charge in [-0.15, -0.1) is 0 Å². The summed E-state index contributed by atoms with van der Waals surface area (Å²) in [5.41, 5.74) is 3.54. The van der Waals surface area contributed by atoms with E-state index in [2.05, 4.69) is 33.8 Å². The molecule has 1 fully saturated rings. The van der Waals surface area contributed by atoms with Crippen LogP contribution in [0.25, 0.3) is 0 Å². The maximum atomic E-state index is 11.3. The van der Waals surface area contributed by atoms with E-state index in [9.17, 15) is 4.79 Å². The van der Waals surface area contributed by atoms with E-state index in [-0.39, 0.29) is 10.8 Å². The molecule has 2 rings (SSSR count). The third-order valence-corrected chi connectivity index (χ3v) is 4.83. The van der Waals surface area contributed by atoms with Crippen LogP contribution in [0.5, 0.6) is 0 Å². The molecule has 1 spiro atoms. The normalized spacial score (nSPS) is 32.5. The second-order valence-electron chi connectivity index (χ2n) is 6.06. The molecule has 0 radical (unpaired) electrons. The lowest BCUT2D eigenvalue weighted by Gasteiger charge is -2.42. The average Bonchev–Trinajstić information content (AvgIpc) is 2.44. The predicted molar refractivity (Wildman–Crippen MR) is 67.2 cm³/mol. The van der Waals surface area contributed by atoms with Crippen LogP contribution < -0.4 is 0 Å². The maximum absolute atomic E-state index is 11.3. The molecule has 0 aromatic carbocycles. The summed E-state index contributed by atoms with van der Waals surface area (Å²) in [7, 11) is 0. The van der Waals surface area contributed by atoms with Gasteiger partial charge in [0.15, 0.2) is 5.78 Å². The first-order valence-electron chi connectivity index (χ1n) is 6.28. The number of hydrogen-bond donors (Lipinski definition) is 0. The van der Waals surface area contributed by atoms with Gasteiger partial charge in [0.2, 0.25) is 0 Å². The second-order valence-corrected chi connectivity index (χ2v) is 6.06. The molecule has 1 saturated carbocycles. The minimum Gasteiger partial charge on any atom is -0.295 e. The molecule has 0 aliphatic heterocycles. The Balaban J connectivity index is 2.43. The topological polar surface area (TPSA) is 17.1 Å². The minimum atomic E-state index is 0.225. The molecule has 1 nitrogen and oxygen atoms in total. The maximum Gasteiger partial charge on any atom is 0.155 e. The summed E-state index contributed by atoms with van der Waals surface area (Å²) in [6.07, 6.45) is 8.20. The molecule has 1 atom stereocenters. The number of hydrogen-bond acceptors (Lipinski definition) is 1. The number of allylic oxidation sites excluding steroid dienone is 4. The second kappa shape index (κ2) is 3.58. The van der Waals surface area contributed by atoms with Crippen molar-refractivity contribution < 1.29 is 4.79 Å². The molecule has 88 valence electrons. The molecule has 2 aliphatic carbocycles. The molecule has 2 aliphatic rings. The van der Waals surface area contributed by atoms with Gasteiger partial charge in [-0.25, -0.2) is 0 Å². The Morgan fingerprint density at radius 3 is 2.25 bits per heavy atom. The van der Waals surface area contributed by atoms with Crippen molar-refractivity contribution in [2.24, 2.45) is 10.8 Å². The zero-order chi connectivity index (χ0) is 12.0. The van der Waals surface area contributed by atoms with Gasteiger partial charge in [0, 0.05) is 6.42 Å². The Morgan fingerprint density at radius 2 is 1.81 bits per heavy atom. The average molecular weight is 218 g/mol. The van der Waals surface area contributed by atoms with E-state index in [0.717, 1.165) is 12.8 Å². The lowest BCUT2D eigenvalue weighted by atomic mass is 9.62. The van der Waals surface area contributed by atoms with Crippen LogP contribution in [0.1, 0.15) is 53.4 Å². The highest BCUT2D eigenvalue weighted by Crippen LogP contribution is 2.60. The lowest BCUT2D eigenvalue weighted by Crippen LogP contribution is -2.34. The fourth-order valence-corrected chi connectivity index (χ4v) is 3.64. The third kappa shape index (κ3) is 1.49. The number of rotatable bonds is 0. The molecule has 1 unspecified atom stereocenters. The van der Waals surface area contributed by atoms with Crippen molar-refractivity contribution in [3.05, 3.63) is 23.3 Å². The van der Waals surface area contributed by atoms with Gasteiger partial charge in [-0.2, -0.15) is 0 Å². The molecule has 0 aromatic heterocycles. The van der Waals surface area contributed by atoms with E-state index < -0.39 is 0 Å². The van der Waals surface area contributed by atoms with Crippen LogP contribution in [0.2, 0.25) is 0 Å². The summed E-state index contributed by atoms with van der Waals surface area (Å²) in [6, 6.07) is 0. The Kier molecular flexibility index (Phi) is 2.60. The molecule has 0 N–H and O–H groups in total. The highest BCUT2D eigenvalue weighted by Gasteiger charge is 2.50. The molecule has 1 heteroatoms. The van der Waals surface area contributed by atoms with Crippen LogP contribution in [0, 0.1) is 10.8 Å². The largest absolute Gasteiger partial charge is 0.295 e. The van der Waals surface area contributed by atoms with Crippen LogP contribution in [-0.2, 0) is 4.79 Å².